The van der Waals surface area contributed by atoms with Gasteiger partial charge in [0.1, 0.15) is 0 Å². The summed E-state index contributed by atoms with van der Waals surface area (Å²) in [6.07, 6.45) is 1.45. The Bertz CT molecular complexity index is 604. The van der Waals surface area contributed by atoms with E-state index in [-0.39, 0.29) is 17.7 Å². The van der Waals surface area contributed by atoms with Gasteiger partial charge in [0.05, 0.1) is 19.4 Å². The molecular formula is C17H20N2O3. The van der Waals surface area contributed by atoms with Crippen molar-refractivity contribution in [2.45, 2.75) is 20.4 Å². The SMILES string of the molecule is CC(C)COC(=NCc1ccccc1)NC(=O)c1ccco1. The molecule has 0 aliphatic rings. The molecule has 0 saturated heterocycles. The minimum absolute atomic E-state index is 0.207. The number of nitrogens with one attached hydrogen (secondary N) is 1. The molecule has 2 aromatic rings. The van der Waals surface area contributed by atoms with Crippen LogP contribution < -0.4 is 5.32 Å². The van der Waals surface area contributed by atoms with Crippen LogP contribution in [0.5, 0.6) is 0 Å². The third-order valence-corrected chi connectivity index (χ3v) is 2.77. The van der Waals surface area contributed by atoms with Gasteiger partial charge in [-0.3, -0.25) is 10.1 Å². The van der Waals surface area contributed by atoms with E-state index in [1.54, 1.807) is 12.1 Å². The first-order chi connectivity index (χ1) is 10.6. The molecule has 0 aliphatic heterocycles. The standard InChI is InChI=1S/C17H20N2O3/c1-13(2)12-22-17(18-11-14-7-4-3-5-8-14)19-16(20)15-9-6-10-21-15/h3-10,13H,11-12H2,1-2H3,(H,18,19,20). The molecule has 0 unspecified atom stereocenters. The van der Waals surface area contributed by atoms with Gasteiger partial charge in [-0.05, 0) is 23.6 Å². The van der Waals surface area contributed by atoms with Crippen molar-refractivity contribution >= 4 is 11.9 Å². The summed E-state index contributed by atoms with van der Waals surface area (Å²) in [7, 11) is 0. The van der Waals surface area contributed by atoms with Crippen molar-refractivity contribution in [3.05, 3.63) is 60.1 Å². The smallest absolute Gasteiger partial charge is 0.294 e. The molecule has 5 nitrogen and oxygen atoms in total. The van der Waals surface area contributed by atoms with Gasteiger partial charge in [-0.1, -0.05) is 44.2 Å². The van der Waals surface area contributed by atoms with Crippen LogP contribution in [0.3, 0.4) is 0 Å². The fourth-order valence-electron chi connectivity index (χ4n) is 1.68. The second-order valence-corrected chi connectivity index (χ2v) is 5.24. The molecule has 1 aromatic heterocycles. The van der Waals surface area contributed by atoms with Crippen molar-refractivity contribution < 1.29 is 13.9 Å². The van der Waals surface area contributed by atoms with Crippen LogP contribution in [0.4, 0.5) is 0 Å². The first-order valence-electron chi connectivity index (χ1n) is 7.21. The van der Waals surface area contributed by atoms with Crippen LogP contribution in [-0.4, -0.2) is 18.5 Å². The molecule has 1 heterocycles. The van der Waals surface area contributed by atoms with Crippen molar-refractivity contribution in [3.63, 3.8) is 0 Å². The second-order valence-electron chi connectivity index (χ2n) is 5.24. The lowest BCUT2D eigenvalue weighted by molar-refractivity contribution is 0.0936. The van der Waals surface area contributed by atoms with E-state index in [1.807, 2.05) is 44.2 Å². The van der Waals surface area contributed by atoms with Crippen molar-refractivity contribution in [3.8, 4) is 0 Å². The maximum atomic E-state index is 12.0. The molecule has 0 bridgehead atoms. The number of nitrogens with zero attached hydrogens (tertiary/aromatic N) is 1. The number of ether oxygens (including phenoxy) is 1. The van der Waals surface area contributed by atoms with E-state index in [9.17, 15) is 4.79 Å². The molecule has 0 aliphatic carbocycles. The van der Waals surface area contributed by atoms with Gasteiger partial charge in [0.25, 0.3) is 11.9 Å². The predicted molar refractivity (Wildman–Crippen MR) is 84.5 cm³/mol. The normalized spacial score (nSPS) is 11.5. The summed E-state index contributed by atoms with van der Waals surface area (Å²) < 4.78 is 10.6. The van der Waals surface area contributed by atoms with E-state index >= 15 is 0 Å². The van der Waals surface area contributed by atoms with E-state index in [2.05, 4.69) is 10.3 Å². The Morgan fingerprint density at radius 2 is 2.00 bits per heavy atom. The summed E-state index contributed by atoms with van der Waals surface area (Å²) in [5.41, 5.74) is 1.04. The topological polar surface area (TPSA) is 63.8 Å². The van der Waals surface area contributed by atoms with Gasteiger partial charge >= 0.3 is 0 Å². The highest BCUT2D eigenvalue weighted by Crippen LogP contribution is 2.03. The third-order valence-electron chi connectivity index (χ3n) is 2.77. The number of carbonyl (C=O) groups excluding carboxylic acids is 1. The molecule has 2 rings (SSSR count). The van der Waals surface area contributed by atoms with Crippen LogP contribution in [0.2, 0.25) is 0 Å². The minimum atomic E-state index is -0.374. The Hall–Kier alpha value is -2.56. The molecule has 5 heteroatoms. The summed E-state index contributed by atoms with van der Waals surface area (Å²) in [5, 5.41) is 2.64. The number of benzene rings is 1. The molecule has 116 valence electrons. The molecule has 0 saturated carbocycles. The lowest BCUT2D eigenvalue weighted by Gasteiger charge is -2.11. The van der Waals surface area contributed by atoms with Gasteiger partial charge in [-0.15, -0.1) is 0 Å². The van der Waals surface area contributed by atoms with Crippen LogP contribution in [-0.2, 0) is 11.3 Å². The Morgan fingerprint density at radius 3 is 2.64 bits per heavy atom. The molecule has 1 N–H and O–H groups in total. The number of rotatable bonds is 5. The molecular weight excluding hydrogens is 280 g/mol. The third kappa shape index (κ3) is 5.09. The maximum Gasteiger partial charge on any atom is 0.294 e. The van der Waals surface area contributed by atoms with Gasteiger partial charge in [-0.2, -0.15) is 0 Å². The zero-order chi connectivity index (χ0) is 15.8. The van der Waals surface area contributed by atoms with Gasteiger partial charge in [-0.25, -0.2) is 4.99 Å². The van der Waals surface area contributed by atoms with Crippen molar-refractivity contribution in [2.24, 2.45) is 10.9 Å². The van der Waals surface area contributed by atoms with Gasteiger partial charge in [0.2, 0.25) is 0 Å². The van der Waals surface area contributed by atoms with Crippen LogP contribution in [0, 0.1) is 5.92 Å². The second kappa shape index (κ2) is 8.02. The molecule has 0 radical (unpaired) electrons. The minimum Gasteiger partial charge on any atom is -0.465 e. The summed E-state index contributed by atoms with van der Waals surface area (Å²) in [6.45, 7) is 4.98. The Morgan fingerprint density at radius 1 is 1.23 bits per heavy atom. The number of aliphatic imine (C=N–C) groups is 1. The number of furan rings is 1. The predicted octanol–water partition coefficient (Wildman–Crippen LogP) is 3.24. The largest absolute Gasteiger partial charge is 0.465 e. The highest BCUT2D eigenvalue weighted by Gasteiger charge is 2.12. The lowest BCUT2D eigenvalue weighted by atomic mass is 10.2. The molecule has 0 spiro atoms. The number of amides is 1. The number of carbonyl (C=O) groups is 1. The fraction of sp³-hybridized carbons (Fsp3) is 0.294. The zero-order valence-electron chi connectivity index (χ0n) is 12.8. The molecule has 0 atom stereocenters. The Labute approximate surface area is 130 Å². The first kappa shape index (κ1) is 15.8. The summed E-state index contributed by atoms with van der Waals surface area (Å²) in [4.78, 5) is 16.3. The van der Waals surface area contributed by atoms with Crippen molar-refractivity contribution in [1.82, 2.24) is 5.32 Å². The number of amidine groups is 1. The number of hydrogen-bond acceptors (Lipinski definition) is 4. The zero-order valence-corrected chi connectivity index (χ0v) is 12.8. The first-order valence-corrected chi connectivity index (χ1v) is 7.21. The lowest BCUT2D eigenvalue weighted by Crippen LogP contribution is -2.33. The summed E-state index contributed by atoms with van der Waals surface area (Å²) in [5.74, 6) is 0.184. The van der Waals surface area contributed by atoms with Crippen LogP contribution in [0.15, 0.2) is 58.1 Å². The highest BCUT2D eigenvalue weighted by atomic mass is 16.5. The quantitative estimate of drug-likeness (QED) is 0.681. The maximum absolute atomic E-state index is 12.0. The molecule has 1 aromatic carbocycles. The monoisotopic (exact) mass is 300 g/mol. The van der Waals surface area contributed by atoms with Gasteiger partial charge in [0.15, 0.2) is 5.76 Å². The Balaban J connectivity index is 2.03. The van der Waals surface area contributed by atoms with Gasteiger partial charge in [0, 0.05) is 0 Å². The van der Waals surface area contributed by atoms with Gasteiger partial charge < -0.3 is 9.15 Å². The van der Waals surface area contributed by atoms with Crippen molar-refractivity contribution in [2.75, 3.05) is 6.61 Å². The van der Waals surface area contributed by atoms with Crippen LogP contribution in [0.25, 0.3) is 0 Å². The molecule has 1 amide bonds. The van der Waals surface area contributed by atoms with E-state index in [0.29, 0.717) is 19.1 Å². The van der Waals surface area contributed by atoms with E-state index in [1.165, 1.54) is 6.26 Å². The van der Waals surface area contributed by atoms with E-state index in [0.717, 1.165) is 5.56 Å². The van der Waals surface area contributed by atoms with Crippen molar-refractivity contribution in [1.29, 1.82) is 0 Å². The molecule has 22 heavy (non-hydrogen) atoms. The number of hydrogen-bond donors (Lipinski definition) is 1. The highest BCUT2D eigenvalue weighted by molar-refractivity contribution is 6.02. The molecule has 0 fully saturated rings. The van der Waals surface area contributed by atoms with E-state index in [4.69, 9.17) is 9.15 Å². The summed E-state index contributed by atoms with van der Waals surface area (Å²) >= 11 is 0. The van der Waals surface area contributed by atoms with E-state index < -0.39 is 0 Å². The average Bonchev–Trinajstić information content (AvgIpc) is 3.05. The van der Waals surface area contributed by atoms with Crippen LogP contribution in [0.1, 0.15) is 30.0 Å². The average molecular weight is 300 g/mol. The fourth-order valence-corrected chi connectivity index (χ4v) is 1.68. The Kier molecular flexibility index (Phi) is 5.77. The van der Waals surface area contributed by atoms with Crippen LogP contribution >= 0.6 is 0 Å². The summed E-state index contributed by atoms with van der Waals surface area (Å²) in [6, 6.07) is 13.2.